The van der Waals surface area contributed by atoms with Crippen molar-refractivity contribution in [3.05, 3.63) is 40.8 Å². The summed E-state index contributed by atoms with van der Waals surface area (Å²) in [7, 11) is 0. The molecule has 1 N–H and O–H groups in total. The third-order valence-corrected chi connectivity index (χ3v) is 2.54. The molecule has 2 rings (SSSR count). The minimum Gasteiger partial charge on any atom is -0.441 e. The van der Waals surface area contributed by atoms with Crippen LogP contribution in [0, 0.1) is 0 Å². The zero-order chi connectivity index (χ0) is 10.7. The fourth-order valence-electron chi connectivity index (χ4n) is 1.27. The summed E-state index contributed by atoms with van der Waals surface area (Å²) in [6.45, 7) is 0.0558. The van der Waals surface area contributed by atoms with Crippen molar-refractivity contribution in [1.29, 1.82) is 0 Å². The molecular formula is C11H10BrNO2. The Labute approximate surface area is 95.9 Å². The predicted molar refractivity (Wildman–Crippen MR) is 60.4 cm³/mol. The van der Waals surface area contributed by atoms with Crippen LogP contribution in [0.2, 0.25) is 0 Å². The van der Waals surface area contributed by atoms with Gasteiger partial charge in [0.2, 0.25) is 0 Å². The smallest absolute Gasteiger partial charge is 0.197 e. The Morgan fingerprint density at radius 2 is 2.00 bits per heavy atom. The van der Waals surface area contributed by atoms with E-state index in [-0.39, 0.29) is 6.61 Å². The Bertz CT molecular complexity index is 436. The molecule has 0 aliphatic carbocycles. The molecule has 4 heteroatoms. The van der Waals surface area contributed by atoms with E-state index in [4.69, 9.17) is 9.52 Å². The van der Waals surface area contributed by atoms with E-state index in [2.05, 4.69) is 20.9 Å². The summed E-state index contributed by atoms with van der Waals surface area (Å²) in [5, 5.41) is 8.73. The first-order valence-electron chi connectivity index (χ1n) is 4.61. The average Bonchev–Trinajstić information content (AvgIpc) is 2.68. The van der Waals surface area contributed by atoms with Crippen molar-refractivity contribution in [3.63, 3.8) is 0 Å². The minimum atomic E-state index is 0.0558. The number of hydrogen-bond donors (Lipinski definition) is 1. The lowest BCUT2D eigenvalue weighted by Crippen LogP contribution is -1.88. The van der Waals surface area contributed by atoms with Crippen molar-refractivity contribution in [2.24, 2.45) is 0 Å². The van der Waals surface area contributed by atoms with Crippen molar-refractivity contribution in [1.82, 2.24) is 4.98 Å². The molecule has 2 aromatic rings. The van der Waals surface area contributed by atoms with E-state index in [9.17, 15) is 0 Å². The Balaban J connectivity index is 2.25. The van der Waals surface area contributed by atoms with Gasteiger partial charge in [-0.05, 0) is 12.1 Å². The molecule has 1 aromatic carbocycles. The third-order valence-electron chi connectivity index (χ3n) is 2.01. The SMILES string of the molecule is OCCc1ncc(-c2ccc(Br)cc2)o1. The first-order valence-corrected chi connectivity index (χ1v) is 5.40. The number of halogens is 1. The molecule has 0 aliphatic rings. The fraction of sp³-hybridized carbons (Fsp3) is 0.182. The van der Waals surface area contributed by atoms with Gasteiger partial charge in [-0.3, -0.25) is 0 Å². The summed E-state index contributed by atoms with van der Waals surface area (Å²) >= 11 is 3.37. The molecule has 78 valence electrons. The maximum atomic E-state index is 8.73. The quantitative estimate of drug-likeness (QED) is 0.930. The summed E-state index contributed by atoms with van der Waals surface area (Å²) in [5.74, 6) is 1.29. The van der Waals surface area contributed by atoms with E-state index in [0.29, 0.717) is 12.3 Å². The number of oxazole rings is 1. The number of aliphatic hydroxyl groups excluding tert-OH is 1. The number of aromatic nitrogens is 1. The van der Waals surface area contributed by atoms with Crippen LogP contribution in [-0.2, 0) is 6.42 Å². The molecule has 0 radical (unpaired) electrons. The summed E-state index contributed by atoms with van der Waals surface area (Å²) in [5.41, 5.74) is 0.981. The van der Waals surface area contributed by atoms with Crippen LogP contribution < -0.4 is 0 Å². The van der Waals surface area contributed by atoms with Gasteiger partial charge in [0.1, 0.15) is 0 Å². The Kier molecular flexibility index (Phi) is 3.18. The first-order chi connectivity index (χ1) is 7.29. The third kappa shape index (κ3) is 2.46. The van der Waals surface area contributed by atoms with Crippen LogP contribution in [0.15, 0.2) is 39.4 Å². The molecule has 0 atom stereocenters. The van der Waals surface area contributed by atoms with Gasteiger partial charge in [-0.2, -0.15) is 0 Å². The molecular weight excluding hydrogens is 258 g/mol. The van der Waals surface area contributed by atoms with E-state index >= 15 is 0 Å². The molecule has 0 spiro atoms. The average molecular weight is 268 g/mol. The lowest BCUT2D eigenvalue weighted by molar-refractivity contribution is 0.285. The summed E-state index contributed by atoms with van der Waals surface area (Å²) in [4.78, 5) is 4.07. The maximum absolute atomic E-state index is 8.73. The van der Waals surface area contributed by atoms with Crippen LogP contribution in [0.25, 0.3) is 11.3 Å². The monoisotopic (exact) mass is 267 g/mol. The Hall–Kier alpha value is -1.13. The van der Waals surface area contributed by atoms with Gasteiger partial charge in [0.25, 0.3) is 0 Å². The largest absolute Gasteiger partial charge is 0.441 e. The molecule has 0 aliphatic heterocycles. The zero-order valence-corrected chi connectivity index (χ0v) is 9.57. The second kappa shape index (κ2) is 4.59. The second-order valence-corrected chi connectivity index (χ2v) is 4.01. The summed E-state index contributed by atoms with van der Waals surface area (Å²) in [6.07, 6.45) is 2.13. The van der Waals surface area contributed by atoms with Crippen LogP contribution in [0.3, 0.4) is 0 Å². The van der Waals surface area contributed by atoms with E-state index < -0.39 is 0 Å². The van der Waals surface area contributed by atoms with Crippen LogP contribution in [0.4, 0.5) is 0 Å². The van der Waals surface area contributed by atoms with Gasteiger partial charge in [0, 0.05) is 16.5 Å². The van der Waals surface area contributed by atoms with E-state index in [1.807, 2.05) is 24.3 Å². The van der Waals surface area contributed by atoms with Crippen LogP contribution in [0.5, 0.6) is 0 Å². The van der Waals surface area contributed by atoms with E-state index in [1.54, 1.807) is 6.20 Å². The molecule has 1 aromatic heterocycles. The number of benzene rings is 1. The van der Waals surface area contributed by atoms with Gasteiger partial charge in [-0.15, -0.1) is 0 Å². The van der Waals surface area contributed by atoms with Gasteiger partial charge in [-0.25, -0.2) is 4.98 Å². The highest BCUT2D eigenvalue weighted by molar-refractivity contribution is 9.10. The highest BCUT2D eigenvalue weighted by atomic mass is 79.9. The van der Waals surface area contributed by atoms with E-state index in [0.717, 1.165) is 15.8 Å². The van der Waals surface area contributed by atoms with Crippen LogP contribution >= 0.6 is 15.9 Å². The van der Waals surface area contributed by atoms with Gasteiger partial charge in [0.15, 0.2) is 11.7 Å². The molecule has 1 heterocycles. The summed E-state index contributed by atoms with van der Waals surface area (Å²) in [6, 6.07) is 7.80. The topological polar surface area (TPSA) is 46.3 Å². The number of aliphatic hydroxyl groups is 1. The van der Waals surface area contributed by atoms with Crippen molar-refractivity contribution in [2.45, 2.75) is 6.42 Å². The molecule has 0 saturated heterocycles. The van der Waals surface area contributed by atoms with E-state index in [1.165, 1.54) is 0 Å². The highest BCUT2D eigenvalue weighted by Crippen LogP contribution is 2.22. The second-order valence-electron chi connectivity index (χ2n) is 3.10. The van der Waals surface area contributed by atoms with Crippen molar-refractivity contribution >= 4 is 15.9 Å². The molecule has 3 nitrogen and oxygen atoms in total. The highest BCUT2D eigenvalue weighted by Gasteiger charge is 2.05. The molecule has 0 bridgehead atoms. The molecule has 15 heavy (non-hydrogen) atoms. The first kappa shape index (κ1) is 10.4. The molecule has 0 unspecified atom stereocenters. The molecule has 0 fully saturated rings. The van der Waals surface area contributed by atoms with Gasteiger partial charge in [0.05, 0.1) is 12.8 Å². The zero-order valence-electron chi connectivity index (χ0n) is 7.98. The lowest BCUT2D eigenvalue weighted by Gasteiger charge is -1.95. The normalized spacial score (nSPS) is 10.5. The van der Waals surface area contributed by atoms with Gasteiger partial charge < -0.3 is 9.52 Å². The number of nitrogens with zero attached hydrogens (tertiary/aromatic N) is 1. The summed E-state index contributed by atoms with van der Waals surface area (Å²) < 4.78 is 6.49. The van der Waals surface area contributed by atoms with Crippen molar-refractivity contribution in [3.8, 4) is 11.3 Å². The lowest BCUT2D eigenvalue weighted by atomic mass is 10.2. The Morgan fingerprint density at radius 3 is 2.67 bits per heavy atom. The van der Waals surface area contributed by atoms with Crippen molar-refractivity contribution in [2.75, 3.05) is 6.61 Å². The fourth-order valence-corrected chi connectivity index (χ4v) is 1.53. The predicted octanol–water partition coefficient (Wildman–Crippen LogP) is 2.64. The minimum absolute atomic E-state index is 0.0558. The van der Waals surface area contributed by atoms with Crippen molar-refractivity contribution < 1.29 is 9.52 Å². The van der Waals surface area contributed by atoms with Gasteiger partial charge >= 0.3 is 0 Å². The Morgan fingerprint density at radius 1 is 1.27 bits per heavy atom. The molecule has 0 saturated carbocycles. The van der Waals surface area contributed by atoms with Crippen LogP contribution in [0.1, 0.15) is 5.89 Å². The standard InChI is InChI=1S/C11H10BrNO2/c12-9-3-1-8(2-4-9)10-7-13-11(15-10)5-6-14/h1-4,7,14H,5-6H2. The molecule has 0 amide bonds. The number of hydrogen-bond acceptors (Lipinski definition) is 3. The van der Waals surface area contributed by atoms with Crippen LogP contribution in [-0.4, -0.2) is 16.7 Å². The maximum Gasteiger partial charge on any atom is 0.197 e. The van der Waals surface area contributed by atoms with Gasteiger partial charge in [-0.1, -0.05) is 28.1 Å². The number of rotatable bonds is 3.